The third-order valence-electron chi connectivity index (χ3n) is 5.55. The van der Waals surface area contributed by atoms with E-state index in [1.54, 1.807) is 0 Å². The lowest BCUT2D eigenvalue weighted by Crippen LogP contribution is -2.27. The van der Waals surface area contributed by atoms with Gasteiger partial charge < -0.3 is 5.32 Å². The Morgan fingerprint density at radius 2 is 1.81 bits per heavy atom. The van der Waals surface area contributed by atoms with Gasteiger partial charge in [-0.15, -0.1) is 0 Å². The minimum atomic E-state index is -0.215. The van der Waals surface area contributed by atoms with E-state index < -0.39 is 0 Å². The molecule has 7 nitrogen and oxygen atoms in total. The van der Waals surface area contributed by atoms with Crippen LogP contribution in [0.15, 0.2) is 42.6 Å². The summed E-state index contributed by atoms with van der Waals surface area (Å²) in [4.78, 5) is 18.3. The van der Waals surface area contributed by atoms with Crippen LogP contribution in [0.4, 0.5) is 0 Å². The summed E-state index contributed by atoms with van der Waals surface area (Å²) in [6.45, 7) is 11.5. The fourth-order valence-electron chi connectivity index (χ4n) is 3.76. The van der Waals surface area contributed by atoms with Crippen LogP contribution in [0.2, 0.25) is 0 Å². The highest BCUT2D eigenvalue weighted by atomic mass is 16.1. The molecule has 0 saturated carbocycles. The minimum Gasteiger partial charge on any atom is -0.344 e. The monoisotopic (exact) mass is 416 g/mol. The topological polar surface area (TPSA) is 77.6 Å². The molecular formula is C24H28N6O. The van der Waals surface area contributed by atoms with Crippen molar-refractivity contribution in [2.45, 2.75) is 53.8 Å². The fraction of sp³-hybridized carbons (Fsp3) is 0.333. The van der Waals surface area contributed by atoms with E-state index >= 15 is 0 Å². The molecule has 0 fully saturated rings. The molecule has 0 unspecified atom stereocenters. The van der Waals surface area contributed by atoms with Crippen molar-refractivity contribution in [3.63, 3.8) is 0 Å². The third-order valence-corrected chi connectivity index (χ3v) is 5.55. The van der Waals surface area contributed by atoms with Crippen molar-refractivity contribution in [2.75, 3.05) is 0 Å². The van der Waals surface area contributed by atoms with Gasteiger partial charge in [0.15, 0.2) is 5.65 Å². The first-order valence-electron chi connectivity index (χ1n) is 10.7. The maximum absolute atomic E-state index is 13.4. The van der Waals surface area contributed by atoms with E-state index in [0.717, 1.165) is 40.2 Å². The molecule has 1 N–H and O–H groups in total. The number of benzene rings is 1. The van der Waals surface area contributed by atoms with Crippen LogP contribution in [-0.2, 0) is 13.1 Å². The molecule has 1 aromatic carbocycles. The predicted molar refractivity (Wildman–Crippen MR) is 122 cm³/mol. The molecule has 0 saturated heterocycles. The lowest BCUT2D eigenvalue weighted by molar-refractivity contribution is 0.0940. The molecule has 0 aliphatic rings. The molecule has 0 aliphatic carbocycles. The van der Waals surface area contributed by atoms with Crippen LogP contribution in [0.25, 0.3) is 22.3 Å². The number of carbonyl (C=O) groups is 1. The molecule has 3 aromatic heterocycles. The molecule has 0 aliphatic heterocycles. The van der Waals surface area contributed by atoms with Crippen LogP contribution < -0.4 is 5.32 Å². The number of carbonyl (C=O) groups excluding carboxylic acids is 1. The molecule has 1 amide bonds. The van der Waals surface area contributed by atoms with Gasteiger partial charge in [-0.3, -0.25) is 9.48 Å². The molecule has 1 atom stereocenters. The molecule has 31 heavy (non-hydrogen) atoms. The van der Waals surface area contributed by atoms with Gasteiger partial charge >= 0.3 is 0 Å². The Labute approximate surface area is 182 Å². The Kier molecular flexibility index (Phi) is 5.59. The number of hydrogen-bond donors (Lipinski definition) is 1. The van der Waals surface area contributed by atoms with Crippen LogP contribution in [0.1, 0.15) is 54.1 Å². The zero-order valence-corrected chi connectivity index (χ0v) is 18.7. The summed E-state index contributed by atoms with van der Waals surface area (Å²) in [6, 6.07) is 11.8. The van der Waals surface area contributed by atoms with Crippen molar-refractivity contribution in [1.82, 2.24) is 29.9 Å². The van der Waals surface area contributed by atoms with Crippen LogP contribution in [0.5, 0.6) is 0 Å². The van der Waals surface area contributed by atoms with Gasteiger partial charge in [0.2, 0.25) is 0 Å². The smallest absolute Gasteiger partial charge is 0.252 e. The van der Waals surface area contributed by atoms with Gasteiger partial charge in [0.1, 0.15) is 0 Å². The van der Waals surface area contributed by atoms with Gasteiger partial charge in [0, 0.05) is 24.8 Å². The summed E-state index contributed by atoms with van der Waals surface area (Å²) >= 11 is 0. The molecular weight excluding hydrogens is 388 g/mol. The van der Waals surface area contributed by atoms with Crippen molar-refractivity contribution in [1.29, 1.82) is 0 Å². The van der Waals surface area contributed by atoms with E-state index in [9.17, 15) is 4.79 Å². The number of nitrogens with one attached hydrogen (secondary N) is 1. The Hall–Kier alpha value is -3.48. The van der Waals surface area contributed by atoms with Crippen LogP contribution in [0, 0.1) is 13.8 Å². The second-order valence-corrected chi connectivity index (χ2v) is 7.81. The van der Waals surface area contributed by atoms with E-state index in [2.05, 4.69) is 34.6 Å². The molecule has 3 heterocycles. The highest BCUT2D eigenvalue weighted by Crippen LogP contribution is 2.28. The third kappa shape index (κ3) is 3.95. The van der Waals surface area contributed by atoms with Gasteiger partial charge in [0.05, 0.1) is 34.1 Å². The Morgan fingerprint density at radius 1 is 1.06 bits per heavy atom. The molecule has 0 bridgehead atoms. The Balaban J connectivity index is 1.78. The summed E-state index contributed by atoms with van der Waals surface area (Å²) in [6.07, 6.45) is 1.92. The van der Waals surface area contributed by atoms with E-state index in [-0.39, 0.29) is 11.9 Å². The zero-order chi connectivity index (χ0) is 22.1. The molecule has 4 aromatic rings. The first-order chi connectivity index (χ1) is 14.9. The molecule has 7 heteroatoms. The van der Waals surface area contributed by atoms with Crippen molar-refractivity contribution in [3.8, 4) is 11.3 Å². The predicted octanol–water partition coefficient (Wildman–Crippen LogP) is 4.44. The zero-order valence-electron chi connectivity index (χ0n) is 18.7. The van der Waals surface area contributed by atoms with Gasteiger partial charge in [-0.1, -0.05) is 29.8 Å². The summed E-state index contributed by atoms with van der Waals surface area (Å²) in [5, 5.41) is 13.0. The van der Waals surface area contributed by atoms with Crippen molar-refractivity contribution >= 4 is 16.9 Å². The van der Waals surface area contributed by atoms with Crippen molar-refractivity contribution in [3.05, 3.63) is 65.1 Å². The average molecular weight is 417 g/mol. The van der Waals surface area contributed by atoms with Crippen LogP contribution in [0.3, 0.4) is 0 Å². The van der Waals surface area contributed by atoms with Crippen LogP contribution >= 0.6 is 0 Å². The van der Waals surface area contributed by atoms with Crippen molar-refractivity contribution in [2.24, 2.45) is 0 Å². The molecule has 160 valence electrons. The largest absolute Gasteiger partial charge is 0.344 e. The maximum Gasteiger partial charge on any atom is 0.252 e. The number of aryl methyl sites for hydroxylation is 4. The number of amides is 1. The first-order valence-corrected chi connectivity index (χ1v) is 10.7. The lowest BCUT2D eigenvalue weighted by Gasteiger charge is -2.14. The maximum atomic E-state index is 13.4. The standard InChI is InChI=1S/C24H28N6O/c1-6-29-13-12-20(28-29)16(4)25-24(31)19-14-21(18-10-8-15(3)9-11-18)26-23-22(19)17(5)27-30(23)7-2/h8-14,16H,6-7H2,1-5H3,(H,25,31)/t16-/m1/s1. The van der Waals surface area contributed by atoms with E-state index in [0.29, 0.717) is 12.1 Å². The lowest BCUT2D eigenvalue weighted by atomic mass is 10.0. The Morgan fingerprint density at radius 3 is 2.45 bits per heavy atom. The van der Waals surface area contributed by atoms with Gasteiger partial charge in [-0.2, -0.15) is 10.2 Å². The highest BCUT2D eigenvalue weighted by molar-refractivity contribution is 6.07. The summed E-state index contributed by atoms with van der Waals surface area (Å²) < 4.78 is 3.71. The van der Waals surface area contributed by atoms with E-state index in [4.69, 9.17) is 4.98 Å². The molecule has 0 radical (unpaired) electrons. The van der Waals surface area contributed by atoms with Gasteiger partial charge in [0.25, 0.3) is 5.91 Å². The van der Waals surface area contributed by atoms with Crippen molar-refractivity contribution < 1.29 is 4.79 Å². The van der Waals surface area contributed by atoms with E-state index in [1.165, 1.54) is 5.56 Å². The number of pyridine rings is 1. The Bertz CT molecular complexity index is 1240. The first kappa shape index (κ1) is 20.8. The molecule has 4 rings (SSSR count). The molecule has 0 spiro atoms. The quantitative estimate of drug-likeness (QED) is 0.504. The second kappa shape index (κ2) is 8.34. The highest BCUT2D eigenvalue weighted by Gasteiger charge is 2.22. The normalized spacial score (nSPS) is 12.3. The van der Waals surface area contributed by atoms with Gasteiger partial charge in [-0.05, 0) is 46.8 Å². The summed E-state index contributed by atoms with van der Waals surface area (Å²) in [5.41, 5.74) is 5.85. The number of fused-ring (bicyclic) bond motifs is 1. The van der Waals surface area contributed by atoms with E-state index in [1.807, 2.05) is 67.5 Å². The number of aromatic nitrogens is 5. The summed E-state index contributed by atoms with van der Waals surface area (Å²) in [7, 11) is 0. The van der Waals surface area contributed by atoms with Crippen LogP contribution in [-0.4, -0.2) is 30.5 Å². The number of rotatable bonds is 6. The number of nitrogens with zero attached hydrogens (tertiary/aromatic N) is 5. The average Bonchev–Trinajstić information content (AvgIpc) is 3.38. The SMILES string of the molecule is CCn1ccc([C@@H](C)NC(=O)c2cc(-c3ccc(C)cc3)nc3c2c(C)nn3CC)n1. The number of hydrogen-bond acceptors (Lipinski definition) is 4. The summed E-state index contributed by atoms with van der Waals surface area (Å²) in [5.74, 6) is -0.155. The fourth-order valence-corrected chi connectivity index (χ4v) is 3.76. The minimum absolute atomic E-state index is 0.155. The van der Waals surface area contributed by atoms with Gasteiger partial charge in [-0.25, -0.2) is 9.67 Å². The second-order valence-electron chi connectivity index (χ2n) is 7.81.